The molecule has 0 spiro atoms. The van der Waals surface area contributed by atoms with E-state index in [-0.39, 0.29) is 0 Å². The third-order valence-electron chi connectivity index (χ3n) is 4.08. The second-order valence-electron chi connectivity index (χ2n) is 6.62. The monoisotopic (exact) mass is 530 g/mol. The van der Waals surface area contributed by atoms with Crippen LogP contribution in [0.2, 0.25) is 0 Å². The van der Waals surface area contributed by atoms with Gasteiger partial charge in [-0.05, 0) is 29.3 Å². The Labute approximate surface area is 193 Å². The summed E-state index contributed by atoms with van der Waals surface area (Å²) < 4.78 is 22.8. The lowest BCUT2D eigenvalue weighted by Gasteiger charge is -2.11. The number of aromatic nitrogens is 1. The summed E-state index contributed by atoms with van der Waals surface area (Å²) in [5.41, 5.74) is 3.36. The fourth-order valence-electron chi connectivity index (χ4n) is 2.45. The van der Waals surface area contributed by atoms with Gasteiger partial charge in [0.05, 0.1) is 39.6 Å². The van der Waals surface area contributed by atoms with E-state index in [4.69, 9.17) is 18.9 Å². The molecule has 1 aromatic heterocycles. The topological polar surface area (TPSA) is 53.1 Å². The summed E-state index contributed by atoms with van der Waals surface area (Å²) in [6, 6.07) is 12.3. The number of pyridine rings is 1. The largest absolute Gasteiger partial charge is 0.475 e. The molecule has 0 N–H and O–H groups in total. The highest BCUT2D eigenvalue weighted by Gasteiger charge is 1.97. The van der Waals surface area contributed by atoms with Crippen molar-refractivity contribution < 1.29 is 18.9 Å². The minimum atomic E-state index is 0.458. The number of alkyl halides is 1. The second-order valence-corrected chi connectivity index (χ2v) is 7.70. The zero-order valence-corrected chi connectivity index (χ0v) is 19.9. The van der Waals surface area contributed by atoms with Crippen LogP contribution in [0.15, 0.2) is 42.6 Å². The molecule has 0 radical (unpaired) electrons. The van der Waals surface area contributed by atoms with Gasteiger partial charge in [0.15, 0.2) is 0 Å². The van der Waals surface area contributed by atoms with Gasteiger partial charge in [-0.1, -0.05) is 46.9 Å². The standard InChI is InChI=1S/C23H31IN2O4/c1-26(2)22-8-5-20(6-9-22)3-4-21-7-10-23(25-19-21)30-18-17-29-16-15-28-14-13-27-12-11-24/h3-10,19H,11-18H2,1-2H3/b4-3+/i24+4. The summed E-state index contributed by atoms with van der Waals surface area (Å²) in [5.74, 6) is 0.592. The average molecular weight is 530 g/mol. The molecule has 0 saturated carbocycles. The summed E-state index contributed by atoms with van der Waals surface area (Å²) in [6.07, 6.45) is 5.91. The lowest BCUT2D eigenvalue weighted by molar-refractivity contribution is 0.0117. The maximum absolute atomic E-state index is 5.60. The van der Waals surface area contributed by atoms with Crippen molar-refractivity contribution in [3.8, 4) is 5.88 Å². The van der Waals surface area contributed by atoms with Crippen LogP contribution in [0, 0.1) is 0 Å². The molecule has 0 fully saturated rings. The van der Waals surface area contributed by atoms with Gasteiger partial charge in [0, 0.05) is 36.5 Å². The van der Waals surface area contributed by atoms with Crippen LogP contribution in [0.3, 0.4) is 0 Å². The number of rotatable bonds is 15. The molecule has 0 aliphatic carbocycles. The minimum Gasteiger partial charge on any atom is -0.475 e. The Balaban J connectivity index is 1.58. The van der Waals surface area contributed by atoms with Crippen LogP contribution in [0.1, 0.15) is 11.1 Å². The number of hydrogen-bond acceptors (Lipinski definition) is 6. The zero-order chi connectivity index (χ0) is 21.4. The molecule has 30 heavy (non-hydrogen) atoms. The van der Waals surface area contributed by atoms with E-state index in [2.05, 4.69) is 62.8 Å². The van der Waals surface area contributed by atoms with Gasteiger partial charge in [-0.15, -0.1) is 0 Å². The van der Waals surface area contributed by atoms with Gasteiger partial charge in [-0.3, -0.25) is 0 Å². The molecule has 164 valence electrons. The molecule has 0 unspecified atom stereocenters. The van der Waals surface area contributed by atoms with Crippen LogP contribution < -0.4 is 9.64 Å². The van der Waals surface area contributed by atoms with Crippen LogP contribution >= 0.6 is 22.6 Å². The van der Waals surface area contributed by atoms with E-state index in [1.807, 2.05) is 32.3 Å². The molecular weight excluding hydrogens is 499 g/mol. The molecule has 1 heterocycles. The number of halogens is 1. The molecule has 0 saturated heterocycles. The molecule has 0 amide bonds. The van der Waals surface area contributed by atoms with Gasteiger partial charge in [-0.2, -0.15) is 0 Å². The molecule has 2 rings (SSSR count). The van der Waals surface area contributed by atoms with E-state index in [1.54, 1.807) is 6.20 Å². The Hall–Kier alpha value is -1.68. The van der Waals surface area contributed by atoms with Crippen LogP contribution in [0.4, 0.5) is 5.69 Å². The first kappa shape index (κ1) is 24.6. The van der Waals surface area contributed by atoms with Crippen LogP contribution in [0.25, 0.3) is 12.2 Å². The Bertz CT molecular complexity index is 721. The van der Waals surface area contributed by atoms with E-state index in [1.165, 1.54) is 5.69 Å². The highest BCUT2D eigenvalue weighted by Crippen LogP contribution is 2.15. The Morgan fingerprint density at radius 1 is 0.767 bits per heavy atom. The summed E-state index contributed by atoms with van der Waals surface area (Å²) in [5, 5.41) is 0. The van der Waals surface area contributed by atoms with Crippen LogP contribution in [0.5, 0.6) is 5.88 Å². The maximum atomic E-state index is 5.60. The summed E-state index contributed by atoms with van der Waals surface area (Å²) in [7, 11) is 4.07. The number of hydrogen-bond donors (Lipinski definition) is 0. The van der Waals surface area contributed by atoms with Gasteiger partial charge in [-0.25, -0.2) is 4.98 Å². The Kier molecular flexibility index (Phi) is 12.4. The Morgan fingerprint density at radius 2 is 1.33 bits per heavy atom. The van der Waals surface area contributed by atoms with Crippen molar-refractivity contribution in [1.29, 1.82) is 0 Å². The third-order valence-corrected chi connectivity index (χ3v) is 4.52. The molecule has 7 heteroatoms. The first-order chi connectivity index (χ1) is 14.7. The summed E-state index contributed by atoms with van der Waals surface area (Å²) in [6.45, 7) is 4.06. The summed E-state index contributed by atoms with van der Waals surface area (Å²) >= 11 is 2.28. The molecule has 0 aliphatic rings. The fraction of sp³-hybridized carbons (Fsp3) is 0.435. The average Bonchev–Trinajstić information content (AvgIpc) is 2.77. The normalized spacial score (nSPS) is 11.2. The Morgan fingerprint density at radius 3 is 1.90 bits per heavy atom. The lowest BCUT2D eigenvalue weighted by Crippen LogP contribution is -2.13. The van der Waals surface area contributed by atoms with Gasteiger partial charge in [0.25, 0.3) is 0 Å². The smallest absolute Gasteiger partial charge is 0.213 e. The maximum Gasteiger partial charge on any atom is 0.213 e. The van der Waals surface area contributed by atoms with E-state index < -0.39 is 0 Å². The van der Waals surface area contributed by atoms with Crippen LogP contribution in [-0.2, 0) is 14.2 Å². The van der Waals surface area contributed by atoms with Crippen molar-refractivity contribution in [1.82, 2.24) is 4.98 Å². The number of benzene rings is 1. The molecular formula is C23H31IN2O4. The molecule has 0 atom stereocenters. The van der Waals surface area contributed by atoms with E-state index >= 15 is 0 Å². The molecule has 0 aliphatic heterocycles. The lowest BCUT2D eigenvalue weighted by atomic mass is 10.1. The minimum absolute atomic E-state index is 0.458. The van der Waals surface area contributed by atoms with Gasteiger partial charge in [0.1, 0.15) is 6.61 Å². The molecule has 2 aromatic rings. The van der Waals surface area contributed by atoms with E-state index in [9.17, 15) is 0 Å². The third kappa shape index (κ3) is 10.4. The number of nitrogens with zero attached hydrogens (tertiary/aromatic N) is 2. The zero-order valence-electron chi connectivity index (χ0n) is 17.8. The van der Waals surface area contributed by atoms with Crippen molar-refractivity contribution in [3.05, 3.63) is 53.7 Å². The quantitative estimate of drug-likeness (QED) is 0.196. The molecule has 6 nitrogen and oxygen atoms in total. The van der Waals surface area contributed by atoms with Crippen molar-refractivity contribution in [2.24, 2.45) is 0 Å². The van der Waals surface area contributed by atoms with Gasteiger partial charge >= 0.3 is 0 Å². The van der Waals surface area contributed by atoms with Gasteiger partial charge < -0.3 is 23.8 Å². The number of anilines is 1. The highest BCUT2D eigenvalue weighted by molar-refractivity contribution is 14.1. The fourth-order valence-corrected chi connectivity index (χ4v) is 2.76. The van der Waals surface area contributed by atoms with Crippen LogP contribution in [-0.4, -0.2) is 69.8 Å². The predicted molar refractivity (Wildman–Crippen MR) is 131 cm³/mol. The first-order valence-electron chi connectivity index (χ1n) is 10.0. The second kappa shape index (κ2) is 15.2. The molecule has 1 aromatic carbocycles. The number of ether oxygens (including phenoxy) is 4. The predicted octanol–water partition coefficient (Wildman–Crippen LogP) is 4.18. The van der Waals surface area contributed by atoms with E-state index in [0.29, 0.717) is 45.5 Å². The van der Waals surface area contributed by atoms with Crippen molar-refractivity contribution in [2.45, 2.75) is 0 Å². The van der Waals surface area contributed by atoms with Crippen molar-refractivity contribution in [3.63, 3.8) is 0 Å². The van der Waals surface area contributed by atoms with E-state index in [0.717, 1.165) is 22.2 Å². The molecule has 0 bridgehead atoms. The SMILES string of the molecule is CN(C)c1ccc(/C=C/c2ccc(OCCOCCOCCOCC[131I])nc2)cc1. The highest BCUT2D eigenvalue weighted by atomic mass is 131. The van der Waals surface area contributed by atoms with Crippen molar-refractivity contribution >= 4 is 40.4 Å². The summed E-state index contributed by atoms with van der Waals surface area (Å²) in [4.78, 5) is 6.42. The van der Waals surface area contributed by atoms with Gasteiger partial charge in [0.2, 0.25) is 5.88 Å². The van der Waals surface area contributed by atoms with Crippen molar-refractivity contribution in [2.75, 3.05) is 69.7 Å². The first-order valence-corrected chi connectivity index (χ1v) is 11.5.